The lowest BCUT2D eigenvalue weighted by Crippen LogP contribution is -2.59. The molecule has 3 aromatic rings. The summed E-state index contributed by atoms with van der Waals surface area (Å²) in [5.41, 5.74) is 3.73. The van der Waals surface area contributed by atoms with Crippen LogP contribution in [0.5, 0.6) is 11.5 Å². The quantitative estimate of drug-likeness (QED) is 0.357. The highest BCUT2D eigenvalue weighted by molar-refractivity contribution is 9.10. The van der Waals surface area contributed by atoms with Crippen molar-refractivity contribution in [2.75, 3.05) is 13.1 Å². The molecule has 6 rings (SSSR count). The van der Waals surface area contributed by atoms with E-state index in [1.807, 2.05) is 18.2 Å². The van der Waals surface area contributed by atoms with Gasteiger partial charge in [-0.1, -0.05) is 46.3 Å². The zero-order chi connectivity index (χ0) is 24.7. The topological polar surface area (TPSA) is 37.3 Å². The van der Waals surface area contributed by atoms with E-state index in [1.165, 1.54) is 5.56 Å². The second-order valence-corrected chi connectivity index (χ2v) is 10.4. The number of benzene rings is 3. The summed E-state index contributed by atoms with van der Waals surface area (Å²) in [6.07, 6.45) is 2.39. The molecule has 8 heteroatoms. The van der Waals surface area contributed by atoms with E-state index in [1.54, 1.807) is 24.3 Å². The summed E-state index contributed by atoms with van der Waals surface area (Å²) >= 11 is 3.61. The maximum absolute atomic E-state index is 12.6. The summed E-state index contributed by atoms with van der Waals surface area (Å²) in [5, 5.41) is 7.25. The fourth-order valence-corrected chi connectivity index (χ4v) is 5.87. The average molecular weight is 554 g/mol. The maximum Gasteiger partial charge on any atom is 0.387 e. The Morgan fingerprint density at radius 1 is 1.03 bits per heavy atom. The van der Waals surface area contributed by atoms with E-state index in [-0.39, 0.29) is 11.8 Å². The van der Waals surface area contributed by atoms with Gasteiger partial charge in [-0.05, 0) is 53.6 Å². The molecule has 3 aliphatic heterocycles. The number of rotatable bonds is 5. The van der Waals surface area contributed by atoms with Gasteiger partial charge in [-0.25, -0.2) is 5.01 Å². The van der Waals surface area contributed by atoms with Crippen molar-refractivity contribution < 1.29 is 18.3 Å². The molecule has 0 amide bonds. The van der Waals surface area contributed by atoms with E-state index in [0.29, 0.717) is 0 Å². The first-order valence-electron chi connectivity index (χ1n) is 12.2. The van der Waals surface area contributed by atoms with Gasteiger partial charge in [0.25, 0.3) is 0 Å². The molecule has 5 nitrogen and oxygen atoms in total. The Morgan fingerprint density at radius 2 is 1.78 bits per heavy atom. The fourth-order valence-electron chi connectivity index (χ4n) is 5.49. The lowest BCUT2D eigenvalue weighted by Gasteiger charge is -2.51. The van der Waals surface area contributed by atoms with Crippen molar-refractivity contribution in [2.24, 2.45) is 5.10 Å². The molecular weight excluding hydrogens is 528 g/mol. The van der Waals surface area contributed by atoms with E-state index in [2.05, 4.69) is 60.9 Å². The standard InChI is InChI=1S/C28H26BrF2N3O2/c29-21-8-11-26-23(16-21)25-17-24(20-6-9-22(10-7-20)35-27(30)31)32-34(25)28(36-26)12-14-33(15-13-28)18-19-4-2-1-3-5-19/h1-11,16,25,27H,12-15,17-18H2. The molecular formula is C28H26BrF2N3O2. The Labute approximate surface area is 217 Å². The number of hydrogen-bond donors (Lipinski definition) is 0. The van der Waals surface area contributed by atoms with Crippen LogP contribution in [0.3, 0.4) is 0 Å². The molecule has 0 saturated carbocycles. The smallest absolute Gasteiger partial charge is 0.387 e. The minimum atomic E-state index is -2.84. The molecule has 1 saturated heterocycles. The fraction of sp³-hybridized carbons (Fsp3) is 0.321. The minimum absolute atomic E-state index is 0.0545. The normalized spacial score (nSPS) is 20.6. The Hall–Kier alpha value is -2.97. The van der Waals surface area contributed by atoms with Crippen LogP contribution < -0.4 is 9.47 Å². The first-order chi connectivity index (χ1) is 17.5. The number of piperidine rings is 1. The monoisotopic (exact) mass is 553 g/mol. The van der Waals surface area contributed by atoms with Crippen molar-refractivity contribution in [1.82, 2.24) is 9.91 Å². The van der Waals surface area contributed by atoms with E-state index in [0.717, 1.165) is 66.0 Å². The summed E-state index contributed by atoms with van der Waals surface area (Å²) in [5.74, 6) is 1.05. The van der Waals surface area contributed by atoms with Crippen LogP contribution in [0.15, 0.2) is 82.4 Å². The third-order valence-electron chi connectivity index (χ3n) is 7.26. The summed E-state index contributed by atoms with van der Waals surface area (Å²) < 4.78 is 37.4. The van der Waals surface area contributed by atoms with Crippen LogP contribution in [-0.2, 0) is 6.54 Å². The summed E-state index contributed by atoms with van der Waals surface area (Å²) in [6, 6.07) is 23.5. The number of halogens is 3. The zero-order valence-electron chi connectivity index (χ0n) is 19.6. The van der Waals surface area contributed by atoms with Gasteiger partial charge in [-0.3, -0.25) is 4.90 Å². The first kappa shape index (κ1) is 23.4. The molecule has 0 radical (unpaired) electrons. The lowest BCUT2D eigenvalue weighted by atomic mass is 9.90. The van der Waals surface area contributed by atoms with Gasteiger partial charge in [0, 0.05) is 48.9 Å². The Kier molecular flexibility index (Phi) is 6.17. The summed E-state index contributed by atoms with van der Waals surface area (Å²) in [6.45, 7) is -0.0950. The van der Waals surface area contributed by atoms with Crippen molar-refractivity contribution in [3.8, 4) is 11.5 Å². The molecule has 1 unspecified atom stereocenters. The molecule has 3 aromatic carbocycles. The molecule has 3 heterocycles. The maximum atomic E-state index is 12.6. The number of alkyl halides is 2. The highest BCUT2D eigenvalue weighted by Crippen LogP contribution is 2.50. The second kappa shape index (κ2) is 9.48. The van der Waals surface area contributed by atoms with Crippen LogP contribution in [0.1, 0.15) is 42.0 Å². The van der Waals surface area contributed by atoms with Crippen LogP contribution in [0.2, 0.25) is 0 Å². The predicted molar refractivity (Wildman–Crippen MR) is 137 cm³/mol. The van der Waals surface area contributed by atoms with Gasteiger partial charge in [-0.15, -0.1) is 0 Å². The molecule has 186 valence electrons. The van der Waals surface area contributed by atoms with Crippen LogP contribution >= 0.6 is 15.9 Å². The minimum Gasteiger partial charge on any atom is -0.466 e. The Morgan fingerprint density at radius 3 is 2.50 bits per heavy atom. The van der Waals surface area contributed by atoms with E-state index >= 15 is 0 Å². The summed E-state index contributed by atoms with van der Waals surface area (Å²) in [4.78, 5) is 2.47. The van der Waals surface area contributed by atoms with Crippen LogP contribution in [0.4, 0.5) is 8.78 Å². The van der Waals surface area contributed by atoms with Gasteiger partial charge in [-0.2, -0.15) is 13.9 Å². The van der Waals surface area contributed by atoms with Crippen LogP contribution in [0.25, 0.3) is 0 Å². The predicted octanol–water partition coefficient (Wildman–Crippen LogP) is 6.59. The molecule has 0 N–H and O–H groups in total. The van der Waals surface area contributed by atoms with Crippen molar-refractivity contribution in [1.29, 1.82) is 0 Å². The Bertz CT molecular complexity index is 1260. The second-order valence-electron chi connectivity index (χ2n) is 9.51. The van der Waals surface area contributed by atoms with Gasteiger partial charge in [0.2, 0.25) is 5.72 Å². The molecule has 0 bridgehead atoms. The molecule has 0 aromatic heterocycles. The van der Waals surface area contributed by atoms with Crippen molar-refractivity contribution in [2.45, 2.75) is 44.2 Å². The number of hydrogen-bond acceptors (Lipinski definition) is 5. The van der Waals surface area contributed by atoms with E-state index in [9.17, 15) is 8.78 Å². The van der Waals surface area contributed by atoms with Gasteiger partial charge < -0.3 is 9.47 Å². The van der Waals surface area contributed by atoms with Crippen LogP contribution in [-0.4, -0.2) is 41.0 Å². The Balaban J connectivity index is 1.28. The van der Waals surface area contributed by atoms with Crippen molar-refractivity contribution >= 4 is 21.6 Å². The highest BCUT2D eigenvalue weighted by atomic mass is 79.9. The first-order valence-corrected chi connectivity index (χ1v) is 13.0. The largest absolute Gasteiger partial charge is 0.466 e. The van der Waals surface area contributed by atoms with Crippen LogP contribution in [0, 0.1) is 0 Å². The van der Waals surface area contributed by atoms with Crippen molar-refractivity contribution in [3.05, 3.63) is 94.0 Å². The lowest BCUT2D eigenvalue weighted by molar-refractivity contribution is -0.150. The third kappa shape index (κ3) is 4.48. The highest BCUT2D eigenvalue weighted by Gasteiger charge is 2.51. The van der Waals surface area contributed by atoms with Gasteiger partial charge >= 0.3 is 6.61 Å². The van der Waals surface area contributed by atoms with Crippen molar-refractivity contribution in [3.63, 3.8) is 0 Å². The van der Waals surface area contributed by atoms with Gasteiger partial charge in [0.05, 0.1) is 11.8 Å². The molecule has 1 spiro atoms. The van der Waals surface area contributed by atoms with Gasteiger partial charge in [0.15, 0.2) is 0 Å². The van der Waals surface area contributed by atoms with E-state index < -0.39 is 12.3 Å². The number of ether oxygens (including phenoxy) is 2. The third-order valence-corrected chi connectivity index (χ3v) is 7.75. The molecule has 3 aliphatic rings. The van der Waals surface area contributed by atoms with E-state index in [4.69, 9.17) is 9.84 Å². The molecule has 36 heavy (non-hydrogen) atoms. The number of hydrazone groups is 1. The molecule has 1 atom stereocenters. The summed E-state index contributed by atoms with van der Waals surface area (Å²) in [7, 11) is 0. The SMILES string of the molecule is FC(F)Oc1ccc(C2=NN3C(C2)c2cc(Br)ccc2OC32CCN(Cc3ccccc3)CC2)cc1. The number of likely N-dealkylation sites (tertiary alicyclic amines) is 1. The average Bonchev–Trinajstić information content (AvgIpc) is 3.34. The number of nitrogens with zero attached hydrogens (tertiary/aromatic N) is 3. The zero-order valence-corrected chi connectivity index (χ0v) is 21.2. The number of fused-ring (bicyclic) bond motifs is 4. The molecule has 1 fully saturated rings. The van der Waals surface area contributed by atoms with Gasteiger partial charge in [0.1, 0.15) is 11.5 Å². The molecule has 0 aliphatic carbocycles.